The highest BCUT2D eigenvalue weighted by Crippen LogP contribution is 2.82. The van der Waals surface area contributed by atoms with Crippen LogP contribution in [0.4, 0.5) is 0 Å². The Morgan fingerprint density at radius 3 is 2.82 bits per heavy atom. The van der Waals surface area contributed by atoms with Crippen LogP contribution < -0.4 is 0 Å². The van der Waals surface area contributed by atoms with Gasteiger partial charge in [0.1, 0.15) is 11.2 Å². The predicted octanol–water partition coefficient (Wildman–Crippen LogP) is 1.45. The lowest BCUT2D eigenvalue weighted by molar-refractivity contribution is -0.137. The van der Waals surface area contributed by atoms with Gasteiger partial charge in [0.25, 0.3) is 0 Å². The van der Waals surface area contributed by atoms with Crippen LogP contribution in [0.15, 0.2) is 23.8 Å². The number of hydrogen-bond donors (Lipinski definition) is 0. The van der Waals surface area contributed by atoms with Gasteiger partial charge in [0.2, 0.25) is 0 Å². The minimum Gasteiger partial charge on any atom is -0.466 e. The molecule has 0 aromatic rings. The van der Waals surface area contributed by atoms with Crippen LogP contribution in [0.2, 0.25) is 0 Å². The molecule has 5 rings (SSSR count). The fourth-order valence-electron chi connectivity index (χ4n) is 5.38. The van der Waals surface area contributed by atoms with Crippen LogP contribution in [0.5, 0.6) is 0 Å². The van der Waals surface area contributed by atoms with Crippen LogP contribution >= 0.6 is 0 Å². The number of methoxy groups -OCH3 is 1. The Bertz CT molecular complexity index is 520. The molecule has 4 bridgehead atoms. The molecule has 3 nitrogen and oxygen atoms in total. The molecule has 1 aliphatic heterocycles. The van der Waals surface area contributed by atoms with Gasteiger partial charge in [0.15, 0.2) is 0 Å². The van der Waals surface area contributed by atoms with E-state index in [0.29, 0.717) is 23.7 Å². The molecule has 1 saturated heterocycles. The molecule has 0 unspecified atom stereocenters. The Balaban J connectivity index is 1.66. The first-order chi connectivity index (χ1) is 8.24. The molecule has 6 atom stereocenters. The standard InChI is InChI=1S/C14H14O3/c1-16-12(15)10-5-9-6-11(10)14-8-3-2-7(4-8)13(9,14)17-14/h2-3,5,7-9,11H,4,6H2,1H3/t7-,8-,9-,11+,13-,14+/m0/s1. The Morgan fingerprint density at radius 2 is 2.06 bits per heavy atom. The summed E-state index contributed by atoms with van der Waals surface area (Å²) in [4.78, 5) is 11.8. The lowest BCUT2D eigenvalue weighted by atomic mass is 9.74. The van der Waals surface area contributed by atoms with Gasteiger partial charge in [-0.1, -0.05) is 18.2 Å². The zero-order chi connectivity index (χ0) is 11.4. The van der Waals surface area contributed by atoms with E-state index >= 15 is 0 Å². The van der Waals surface area contributed by atoms with Gasteiger partial charge >= 0.3 is 5.97 Å². The number of ether oxygens (including phenoxy) is 2. The van der Waals surface area contributed by atoms with Gasteiger partial charge in [-0.05, 0) is 12.8 Å². The summed E-state index contributed by atoms with van der Waals surface area (Å²) < 4.78 is 11.1. The Labute approximate surface area is 99.5 Å². The van der Waals surface area contributed by atoms with Gasteiger partial charge in [0, 0.05) is 29.2 Å². The van der Waals surface area contributed by atoms with E-state index in [1.165, 1.54) is 13.5 Å². The van der Waals surface area contributed by atoms with Crippen molar-refractivity contribution >= 4 is 5.97 Å². The van der Waals surface area contributed by atoms with Gasteiger partial charge in [-0.2, -0.15) is 0 Å². The molecule has 4 aliphatic carbocycles. The van der Waals surface area contributed by atoms with Crippen molar-refractivity contribution in [3.8, 4) is 0 Å². The van der Waals surface area contributed by atoms with Crippen molar-refractivity contribution in [2.75, 3.05) is 7.11 Å². The van der Waals surface area contributed by atoms with Gasteiger partial charge in [0.05, 0.1) is 7.11 Å². The van der Waals surface area contributed by atoms with E-state index in [0.717, 1.165) is 12.0 Å². The van der Waals surface area contributed by atoms with E-state index in [1.54, 1.807) is 0 Å². The summed E-state index contributed by atoms with van der Waals surface area (Å²) in [7, 11) is 1.47. The quantitative estimate of drug-likeness (QED) is 0.389. The first kappa shape index (κ1) is 8.92. The highest BCUT2D eigenvalue weighted by Gasteiger charge is 2.90. The number of fused-ring (bicyclic) bond motifs is 4. The molecule has 2 saturated carbocycles. The normalized spacial score (nSPS) is 59.0. The summed E-state index contributed by atoms with van der Waals surface area (Å²) in [6, 6.07) is 0. The second-order valence-electron chi connectivity index (χ2n) is 6.03. The number of carbonyl (C=O) groups is 1. The van der Waals surface area contributed by atoms with E-state index in [4.69, 9.17) is 9.47 Å². The second kappa shape index (κ2) is 2.24. The summed E-state index contributed by atoms with van der Waals surface area (Å²) in [5.41, 5.74) is 0.941. The lowest BCUT2D eigenvalue weighted by Crippen LogP contribution is -2.37. The molecule has 3 fully saturated rings. The van der Waals surface area contributed by atoms with Crippen molar-refractivity contribution < 1.29 is 14.3 Å². The molecule has 0 aromatic heterocycles. The zero-order valence-electron chi connectivity index (χ0n) is 9.68. The fourth-order valence-corrected chi connectivity index (χ4v) is 5.38. The third-order valence-corrected chi connectivity index (χ3v) is 5.83. The van der Waals surface area contributed by atoms with Crippen molar-refractivity contribution in [3.63, 3.8) is 0 Å². The maximum absolute atomic E-state index is 11.8. The second-order valence-corrected chi connectivity index (χ2v) is 6.03. The maximum atomic E-state index is 11.8. The monoisotopic (exact) mass is 230 g/mol. The molecule has 0 amide bonds. The van der Waals surface area contributed by atoms with E-state index < -0.39 is 0 Å². The summed E-state index contributed by atoms with van der Waals surface area (Å²) in [6.45, 7) is 0. The van der Waals surface area contributed by atoms with E-state index in [9.17, 15) is 4.79 Å². The average Bonchev–Trinajstić information content (AvgIpc) is 2.79. The first-order valence-electron chi connectivity index (χ1n) is 6.42. The van der Waals surface area contributed by atoms with Crippen LogP contribution in [0.3, 0.4) is 0 Å². The third-order valence-electron chi connectivity index (χ3n) is 5.83. The molecule has 3 heteroatoms. The van der Waals surface area contributed by atoms with E-state index in [1.807, 2.05) is 0 Å². The molecule has 0 radical (unpaired) electrons. The molecule has 5 aliphatic rings. The first-order valence-corrected chi connectivity index (χ1v) is 6.42. The van der Waals surface area contributed by atoms with Gasteiger partial charge in [-0.3, -0.25) is 0 Å². The summed E-state index contributed by atoms with van der Waals surface area (Å²) in [5, 5.41) is 0. The molecular weight excluding hydrogens is 216 g/mol. The van der Waals surface area contributed by atoms with Crippen molar-refractivity contribution in [1.29, 1.82) is 0 Å². The minimum absolute atomic E-state index is 0.0185. The van der Waals surface area contributed by atoms with Gasteiger partial charge in [-0.25, -0.2) is 4.79 Å². The average molecular weight is 230 g/mol. The largest absolute Gasteiger partial charge is 0.466 e. The highest BCUT2D eigenvalue weighted by molar-refractivity contribution is 5.91. The molecule has 17 heavy (non-hydrogen) atoms. The van der Waals surface area contributed by atoms with Crippen molar-refractivity contribution in [2.45, 2.75) is 24.0 Å². The van der Waals surface area contributed by atoms with Crippen molar-refractivity contribution in [2.24, 2.45) is 23.7 Å². The number of carbonyl (C=O) groups excluding carboxylic acids is 1. The predicted molar refractivity (Wildman–Crippen MR) is 59.0 cm³/mol. The van der Waals surface area contributed by atoms with Gasteiger partial charge in [-0.15, -0.1) is 0 Å². The third kappa shape index (κ3) is 0.628. The molecular formula is C14H14O3. The molecule has 88 valence electrons. The number of rotatable bonds is 1. The lowest BCUT2D eigenvalue weighted by Gasteiger charge is -2.24. The van der Waals surface area contributed by atoms with Crippen LogP contribution in [0.1, 0.15) is 12.8 Å². The zero-order valence-corrected chi connectivity index (χ0v) is 9.68. The maximum Gasteiger partial charge on any atom is 0.333 e. The molecule has 0 N–H and O–H groups in total. The van der Waals surface area contributed by atoms with Crippen molar-refractivity contribution in [1.82, 2.24) is 0 Å². The number of hydrogen-bond acceptors (Lipinski definition) is 3. The highest BCUT2D eigenvalue weighted by atomic mass is 16.6. The molecule has 0 spiro atoms. The SMILES string of the molecule is COC(=O)C1=C[C@H]2C[C@H]1[C@@]13O[C@@]21[C@H]1C=C[C@H]3C1. The van der Waals surface area contributed by atoms with E-state index in [2.05, 4.69) is 18.2 Å². The van der Waals surface area contributed by atoms with Crippen LogP contribution in [0, 0.1) is 23.7 Å². The Hall–Kier alpha value is -1.09. The smallest absolute Gasteiger partial charge is 0.333 e. The molecule has 0 aromatic carbocycles. The van der Waals surface area contributed by atoms with E-state index in [-0.39, 0.29) is 17.2 Å². The Kier molecular flexibility index (Phi) is 1.17. The summed E-state index contributed by atoms with van der Waals surface area (Å²) in [5.74, 6) is 1.72. The summed E-state index contributed by atoms with van der Waals surface area (Å²) in [6.07, 6.45) is 9.11. The fraction of sp³-hybridized carbons (Fsp3) is 0.643. The van der Waals surface area contributed by atoms with Crippen LogP contribution in [-0.2, 0) is 14.3 Å². The Morgan fingerprint density at radius 1 is 1.29 bits per heavy atom. The minimum atomic E-state index is -0.150. The number of epoxide rings is 1. The van der Waals surface area contributed by atoms with Crippen LogP contribution in [-0.4, -0.2) is 24.3 Å². The van der Waals surface area contributed by atoms with Crippen molar-refractivity contribution in [3.05, 3.63) is 23.8 Å². The van der Waals surface area contributed by atoms with Crippen LogP contribution in [0.25, 0.3) is 0 Å². The van der Waals surface area contributed by atoms with Gasteiger partial charge < -0.3 is 9.47 Å². The number of esters is 1. The molecule has 1 heterocycles. The topological polar surface area (TPSA) is 38.8 Å². The summed E-state index contributed by atoms with van der Waals surface area (Å²) >= 11 is 0.